The highest BCUT2D eigenvalue weighted by Gasteiger charge is 2.06. The van der Waals surface area contributed by atoms with E-state index in [2.05, 4.69) is 5.32 Å². The fraction of sp³-hybridized carbons (Fsp3) is 0.0833. The second kappa shape index (κ2) is 4.93. The first-order chi connectivity index (χ1) is 8.16. The second-order valence-corrected chi connectivity index (χ2v) is 3.90. The Labute approximate surface area is 103 Å². The normalized spacial score (nSPS) is 10.2. The van der Waals surface area contributed by atoms with Crippen LogP contribution >= 0.6 is 11.6 Å². The summed E-state index contributed by atoms with van der Waals surface area (Å²) in [5.41, 5.74) is 6.26. The first-order valence-electron chi connectivity index (χ1n) is 5.02. The molecule has 0 bridgehead atoms. The zero-order chi connectivity index (χ0) is 12.3. The molecule has 2 rings (SSSR count). The molecule has 0 aliphatic heterocycles. The Morgan fingerprint density at radius 3 is 2.88 bits per heavy atom. The number of hydrogen-bond acceptors (Lipinski definition) is 3. The summed E-state index contributed by atoms with van der Waals surface area (Å²) in [6.45, 7) is 0.495. The molecule has 0 saturated heterocycles. The molecule has 0 unspecified atom stereocenters. The zero-order valence-corrected chi connectivity index (χ0v) is 9.70. The van der Waals surface area contributed by atoms with Gasteiger partial charge in [-0.05, 0) is 30.3 Å². The van der Waals surface area contributed by atoms with Crippen LogP contribution in [0.15, 0.2) is 41.0 Å². The molecule has 1 heterocycles. The largest absolute Gasteiger partial charge is 0.467 e. The van der Waals surface area contributed by atoms with Gasteiger partial charge in [0.2, 0.25) is 5.91 Å². The maximum atomic E-state index is 11.0. The number of carbonyl (C=O) groups excluding carboxylic acids is 1. The molecule has 2 aromatic rings. The Balaban J connectivity index is 2.14. The maximum absolute atomic E-state index is 11.0. The summed E-state index contributed by atoms with van der Waals surface area (Å²) in [6.07, 6.45) is 1.60. The molecule has 0 fully saturated rings. The van der Waals surface area contributed by atoms with Crippen molar-refractivity contribution in [1.82, 2.24) is 0 Å². The highest BCUT2D eigenvalue weighted by atomic mass is 35.5. The highest BCUT2D eigenvalue weighted by molar-refractivity contribution is 6.33. The first-order valence-corrected chi connectivity index (χ1v) is 5.40. The monoisotopic (exact) mass is 250 g/mol. The summed E-state index contributed by atoms with van der Waals surface area (Å²) in [4.78, 5) is 11.0. The number of nitrogens with two attached hydrogens (primary N) is 1. The Bertz CT molecular complexity index is 523. The molecule has 5 heteroatoms. The quantitative estimate of drug-likeness (QED) is 0.877. The summed E-state index contributed by atoms with van der Waals surface area (Å²) in [5.74, 6) is 0.299. The third-order valence-electron chi connectivity index (χ3n) is 2.28. The van der Waals surface area contributed by atoms with Crippen LogP contribution < -0.4 is 11.1 Å². The minimum atomic E-state index is -0.484. The number of carbonyl (C=O) groups is 1. The number of nitrogens with one attached hydrogen (secondary N) is 1. The number of furan rings is 1. The molecule has 0 saturated carbocycles. The molecule has 0 atom stereocenters. The van der Waals surface area contributed by atoms with Gasteiger partial charge in [0.15, 0.2) is 0 Å². The fourth-order valence-electron chi connectivity index (χ4n) is 1.41. The smallest absolute Gasteiger partial charge is 0.248 e. The van der Waals surface area contributed by atoms with Gasteiger partial charge in [0, 0.05) is 5.56 Å². The molecule has 88 valence electrons. The van der Waals surface area contributed by atoms with E-state index in [0.717, 1.165) is 5.76 Å². The Morgan fingerprint density at radius 1 is 1.41 bits per heavy atom. The molecular formula is C12H11ClN2O2. The van der Waals surface area contributed by atoms with Crippen molar-refractivity contribution in [1.29, 1.82) is 0 Å². The number of anilines is 1. The summed E-state index contributed by atoms with van der Waals surface area (Å²) >= 11 is 6.00. The van der Waals surface area contributed by atoms with Crippen LogP contribution in [0, 0.1) is 0 Å². The first kappa shape index (κ1) is 11.5. The van der Waals surface area contributed by atoms with Crippen LogP contribution in [0.4, 0.5) is 5.69 Å². The number of primary amides is 1. The third kappa shape index (κ3) is 2.79. The van der Waals surface area contributed by atoms with Crippen molar-refractivity contribution in [2.75, 3.05) is 5.32 Å². The maximum Gasteiger partial charge on any atom is 0.248 e. The molecule has 1 amide bonds. The minimum absolute atomic E-state index is 0.413. The van der Waals surface area contributed by atoms with Crippen molar-refractivity contribution in [3.05, 3.63) is 52.9 Å². The number of hydrogen-bond donors (Lipinski definition) is 2. The van der Waals surface area contributed by atoms with E-state index in [9.17, 15) is 4.79 Å². The fourth-order valence-corrected chi connectivity index (χ4v) is 1.59. The molecule has 0 radical (unpaired) electrons. The average molecular weight is 251 g/mol. The highest BCUT2D eigenvalue weighted by Crippen LogP contribution is 2.23. The van der Waals surface area contributed by atoms with E-state index in [1.54, 1.807) is 30.5 Å². The Hall–Kier alpha value is -1.94. The van der Waals surface area contributed by atoms with Gasteiger partial charge in [-0.2, -0.15) is 0 Å². The van der Waals surface area contributed by atoms with Crippen LogP contribution in [0.3, 0.4) is 0 Å². The van der Waals surface area contributed by atoms with Crippen LogP contribution in [0.5, 0.6) is 0 Å². The van der Waals surface area contributed by atoms with Crippen molar-refractivity contribution >= 4 is 23.2 Å². The van der Waals surface area contributed by atoms with Crippen LogP contribution in [-0.2, 0) is 6.54 Å². The van der Waals surface area contributed by atoms with Gasteiger partial charge in [-0.1, -0.05) is 11.6 Å². The van der Waals surface area contributed by atoms with Crippen LogP contribution in [0.2, 0.25) is 5.02 Å². The van der Waals surface area contributed by atoms with Crippen LogP contribution in [0.25, 0.3) is 0 Å². The predicted molar refractivity (Wildman–Crippen MR) is 66.0 cm³/mol. The summed E-state index contributed by atoms with van der Waals surface area (Å²) in [7, 11) is 0. The molecule has 0 aliphatic carbocycles. The molecule has 0 spiro atoms. The lowest BCUT2D eigenvalue weighted by Gasteiger charge is -2.08. The average Bonchev–Trinajstić information content (AvgIpc) is 2.80. The topological polar surface area (TPSA) is 68.3 Å². The Kier molecular flexibility index (Phi) is 3.35. The van der Waals surface area contributed by atoms with Crippen molar-refractivity contribution in [3.8, 4) is 0 Å². The lowest BCUT2D eigenvalue weighted by molar-refractivity contribution is 0.100. The third-order valence-corrected chi connectivity index (χ3v) is 2.61. The molecule has 1 aromatic carbocycles. The number of rotatable bonds is 4. The van der Waals surface area contributed by atoms with Gasteiger partial charge in [-0.15, -0.1) is 0 Å². The number of amides is 1. The van der Waals surface area contributed by atoms with Crippen molar-refractivity contribution < 1.29 is 9.21 Å². The summed E-state index contributed by atoms with van der Waals surface area (Å²) in [5, 5.41) is 3.61. The van der Waals surface area contributed by atoms with E-state index >= 15 is 0 Å². The van der Waals surface area contributed by atoms with Gasteiger partial charge in [0.05, 0.1) is 23.5 Å². The number of benzene rings is 1. The van der Waals surface area contributed by atoms with Gasteiger partial charge in [-0.3, -0.25) is 4.79 Å². The van der Waals surface area contributed by atoms with Crippen molar-refractivity contribution in [2.45, 2.75) is 6.54 Å². The molecule has 1 aromatic heterocycles. The predicted octanol–water partition coefficient (Wildman–Crippen LogP) is 2.64. The SMILES string of the molecule is NC(=O)c1ccc(Cl)c(NCc2ccco2)c1. The minimum Gasteiger partial charge on any atom is -0.467 e. The molecule has 3 N–H and O–H groups in total. The zero-order valence-electron chi connectivity index (χ0n) is 8.94. The lowest BCUT2D eigenvalue weighted by atomic mass is 10.2. The van der Waals surface area contributed by atoms with E-state index in [0.29, 0.717) is 22.8 Å². The standard InChI is InChI=1S/C12H11ClN2O2/c13-10-4-3-8(12(14)16)6-11(10)15-7-9-2-1-5-17-9/h1-6,15H,7H2,(H2,14,16). The van der Waals surface area contributed by atoms with Gasteiger partial charge < -0.3 is 15.5 Å². The van der Waals surface area contributed by atoms with E-state index < -0.39 is 5.91 Å². The van der Waals surface area contributed by atoms with Crippen LogP contribution in [-0.4, -0.2) is 5.91 Å². The molecule has 17 heavy (non-hydrogen) atoms. The van der Waals surface area contributed by atoms with Gasteiger partial charge in [0.1, 0.15) is 5.76 Å². The second-order valence-electron chi connectivity index (χ2n) is 3.49. The van der Waals surface area contributed by atoms with Crippen molar-refractivity contribution in [2.24, 2.45) is 5.73 Å². The van der Waals surface area contributed by atoms with Crippen molar-refractivity contribution in [3.63, 3.8) is 0 Å². The van der Waals surface area contributed by atoms with E-state index in [-0.39, 0.29) is 0 Å². The Morgan fingerprint density at radius 2 is 2.24 bits per heavy atom. The van der Waals surface area contributed by atoms with Gasteiger partial charge >= 0.3 is 0 Å². The molecular weight excluding hydrogens is 240 g/mol. The van der Waals surface area contributed by atoms with Gasteiger partial charge in [-0.25, -0.2) is 0 Å². The molecule has 4 nitrogen and oxygen atoms in total. The summed E-state index contributed by atoms with van der Waals surface area (Å²) in [6, 6.07) is 8.49. The number of halogens is 1. The van der Waals surface area contributed by atoms with Crippen LogP contribution in [0.1, 0.15) is 16.1 Å². The lowest BCUT2D eigenvalue weighted by Crippen LogP contribution is -2.11. The van der Waals surface area contributed by atoms with Gasteiger partial charge in [0.25, 0.3) is 0 Å². The molecule has 0 aliphatic rings. The van der Waals surface area contributed by atoms with E-state index in [1.165, 1.54) is 0 Å². The summed E-state index contributed by atoms with van der Waals surface area (Å²) < 4.78 is 5.18. The van der Waals surface area contributed by atoms with E-state index in [4.69, 9.17) is 21.8 Å². The van der Waals surface area contributed by atoms with E-state index in [1.807, 2.05) is 6.07 Å².